The summed E-state index contributed by atoms with van der Waals surface area (Å²) in [5.74, 6) is 0.854. The minimum Gasteiger partial charge on any atom is -0.493 e. The molecule has 0 aromatic heterocycles. The topological polar surface area (TPSA) is 126 Å². The number of primary amides is 1. The molecule has 35 heavy (non-hydrogen) atoms. The zero-order valence-electron chi connectivity index (χ0n) is 20.2. The predicted molar refractivity (Wildman–Crippen MR) is 131 cm³/mol. The molecule has 1 aliphatic rings. The highest BCUT2D eigenvalue weighted by Gasteiger charge is 2.45. The summed E-state index contributed by atoms with van der Waals surface area (Å²) < 4.78 is 33.7. The average Bonchev–Trinajstić information content (AvgIpc) is 2.88. The number of nitrogens with two attached hydrogens (primary N) is 1. The summed E-state index contributed by atoms with van der Waals surface area (Å²) in [6, 6.07) is 11.8. The lowest BCUT2D eigenvalue weighted by molar-refractivity contribution is -0.122. The van der Waals surface area contributed by atoms with Crippen LogP contribution in [0.25, 0.3) is 0 Å². The number of rotatable bonds is 11. The van der Waals surface area contributed by atoms with Crippen LogP contribution in [0.5, 0.6) is 17.2 Å². The molecule has 190 valence electrons. The Labute approximate surface area is 207 Å². The lowest BCUT2D eigenvalue weighted by Crippen LogP contribution is -2.51. The number of hydrogen-bond donors (Lipinski definition) is 2. The quantitative estimate of drug-likeness (QED) is 0.481. The maximum atomic E-state index is 13.2. The predicted octanol–water partition coefficient (Wildman–Crippen LogP) is 2.43. The standard InChI is InChI=1S/C25H32N2O7S/c1-17(10-13-27-23(28)18-4-9-21(31-2)22(16-18)32-3)34-19-5-7-20(8-6-19)35(30)25(24(26)29)11-14-33-15-12-25/h4-9,16-17H,10-15H2,1-3H3,(H2,26,29)(H,27,28)/t17-,35?/m0/s1. The van der Waals surface area contributed by atoms with Crippen molar-refractivity contribution in [1.82, 2.24) is 5.32 Å². The van der Waals surface area contributed by atoms with Crippen LogP contribution in [0.3, 0.4) is 0 Å². The molecular formula is C25H32N2O7S. The summed E-state index contributed by atoms with van der Waals surface area (Å²) in [7, 11) is 1.47. The highest BCUT2D eigenvalue weighted by atomic mass is 32.2. The molecule has 2 atom stereocenters. The van der Waals surface area contributed by atoms with Gasteiger partial charge in [0.2, 0.25) is 5.91 Å². The molecule has 1 heterocycles. The number of carbonyl (C=O) groups is 2. The van der Waals surface area contributed by atoms with Crippen LogP contribution >= 0.6 is 0 Å². The van der Waals surface area contributed by atoms with E-state index >= 15 is 0 Å². The highest BCUT2D eigenvalue weighted by Crippen LogP contribution is 2.32. The van der Waals surface area contributed by atoms with Crippen LogP contribution < -0.4 is 25.3 Å². The van der Waals surface area contributed by atoms with Gasteiger partial charge in [0.15, 0.2) is 11.5 Å². The number of hydrogen-bond acceptors (Lipinski definition) is 7. The maximum Gasteiger partial charge on any atom is 0.251 e. The second-order valence-corrected chi connectivity index (χ2v) is 10.0. The number of amides is 2. The molecule has 3 N–H and O–H groups in total. The molecule has 1 saturated heterocycles. The summed E-state index contributed by atoms with van der Waals surface area (Å²) in [6.45, 7) is 3.03. The fraction of sp³-hybridized carbons (Fsp3) is 0.440. The Balaban J connectivity index is 1.51. The van der Waals surface area contributed by atoms with Crippen LogP contribution in [-0.4, -0.2) is 60.9 Å². The summed E-state index contributed by atoms with van der Waals surface area (Å²) in [6.07, 6.45) is 1.07. The van der Waals surface area contributed by atoms with E-state index in [2.05, 4.69) is 5.32 Å². The minimum absolute atomic E-state index is 0.176. The average molecular weight is 505 g/mol. The molecule has 2 aromatic carbocycles. The van der Waals surface area contributed by atoms with Gasteiger partial charge in [0, 0.05) is 36.6 Å². The van der Waals surface area contributed by atoms with Gasteiger partial charge in [0.25, 0.3) is 5.91 Å². The molecule has 1 fully saturated rings. The van der Waals surface area contributed by atoms with Gasteiger partial charge in [0.05, 0.1) is 31.1 Å². The van der Waals surface area contributed by atoms with E-state index in [4.69, 9.17) is 24.7 Å². The second kappa shape index (κ2) is 12.0. The summed E-state index contributed by atoms with van der Waals surface area (Å²) in [5, 5.41) is 2.87. The fourth-order valence-corrected chi connectivity index (χ4v) is 5.41. The van der Waals surface area contributed by atoms with Crippen molar-refractivity contribution in [3.8, 4) is 17.2 Å². The minimum atomic E-state index is -1.59. The SMILES string of the molecule is COc1ccc(C(=O)NCC[C@H](C)Oc2ccc(S(=O)C3(C(N)=O)CCOCC3)cc2)cc1OC. The largest absolute Gasteiger partial charge is 0.493 e. The van der Waals surface area contributed by atoms with Gasteiger partial charge in [-0.1, -0.05) is 0 Å². The molecule has 3 rings (SSSR count). The van der Waals surface area contributed by atoms with Crippen molar-refractivity contribution >= 4 is 22.6 Å². The fourth-order valence-electron chi connectivity index (χ4n) is 3.85. The number of ether oxygens (including phenoxy) is 4. The first-order valence-corrected chi connectivity index (χ1v) is 12.5. The lowest BCUT2D eigenvalue weighted by atomic mass is 9.98. The highest BCUT2D eigenvalue weighted by molar-refractivity contribution is 7.87. The third-order valence-corrected chi connectivity index (χ3v) is 7.98. The Morgan fingerprint density at radius 2 is 1.74 bits per heavy atom. The zero-order valence-corrected chi connectivity index (χ0v) is 21.0. The van der Waals surface area contributed by atoms with Crippen molar-refractivity contribution in [3.05, 3.63) is 48.0 Å². The number of carbonyl (C=O) groups excluding carboxylic acids is 2. The van der Waals surface area contributed by atoms with Gasteiger partial charge in [-0.05, 0) is 62.2 Å². The first kappa shape index (κ1) is 26.5. The van der Waals surface area contributed by atoms with E-state index in [1.165, 1.54) is 14.2 Å². The molecule has 1 aliphatic heterocycles. The molecule has 0 aliphatic carbocycles. The van der Waals surface area contributed by atoms with E-state index < -0.39 is 21.5 Å². The van der Waals surface area contributed by atoms with E-state index in [-0.39, 0.29) is 12.0 Å². The molecule has 0 saturated carbocycles. The van der Waals surface area contributed by atoms with Crippen molar-refractivity contribution in [1.29, 1.82) is 0 Å². The summed E-state index contributed by atoms with van der Waals surface area (Å²) >= 11 is 0. The van der Waals surface area contributed by atoms with Gasteiger partial charge < -0.3 is 30.0 Å². The molecule has 2 aromatic rings. The van der Waals surface area contributed by atoms with Crippen LogP contribution in [0, 0.1) is 0 Å². The Kier molecular flexibility index (Phi) is 9.11. The Morgan fingerprint density at radius 1 is 1.09 bits per heavy atom. The van der Waals surface area contributed by atoms with E-state index in [1.54, 1.807) is 42.5 Å². The second-order valence-electron chi connectivity index (χ2n) is 8.25. The molecule has 0 bridgehead atoms. The van der Waals surface area contributed by atoms with Crippen LogP contribution in [0.1, 0.15) is 36.5 Å². The van der Waals surface area contributed by atoms with Crippen molar-refractivity contribution in [3.63, 3.8) is 0 Å². The molecule has 0 radical (unpaired) electrons. The van der Waals surface area contributed by atoms with Crippen LogP contribution in [0.4, 0.5) is 0 Å². The monoisotopic (exact) mass is 504 g/mol. The third-order valence-electron chi connectivity index (χ3n) is 5.96. The van der Waals surface area contributed by atoms with Gasteiger partial charge in [-0.3, -0.25) is 13.8 Å². The zero-order chi connectivity index (χ0) is 25.4. The number of methoxy groups -OCH3 is 2. The van der Waals surface area contributed by atoms with Crippen LogP contribution in [0.2, 0.25) is 0 Å². The van der Waals surface area contributed by atoms with Gasteiger partial charge in [-0.2, -0.15) is 0 Å². The Morgan fingerprint density at radius 3 is 2.34 bits per heavy atom. The molecule has 9 nitrogen and oxygen atoms in total. The Hall–Kier alpha value is -3.11. The molecule has 10 heteroatoms. The van der Waals surface area contributed by atoms with Gasteiger partial charge >= 0.3 is 0 Å². The summed E-state index contributed by atoms with van der Waals surface area (Å²) in [4.78, 5) is 25.1. The van der Waals surface area contributed by atoms with E-state index in [0.29, 0.717) is 66.7 Å². The molecule has 0 spiro atoms. The van der Waals surface area contributed by atoms with Gasteiger partial charge in [-0.25, -0.2) is 0 Å². The molecular weight excluding hydrogens is 472 g/mol. The first-order valence-electron chi connectivity index (χ1n) is 11.4. The van der Waals surface area contributed by atoms with E-state index in [0.717, 1.165) is 0 Å². The van der Waals surface area contributed by atoms with E-state index in [9.17, 15) is 13.8 Å². The first-order chi connectivity index (χ1) is 16.8. The maximum absolute atomic E-state index is 13.2. The van der Waals surface area contributed by atoms with Gasteiger partial charge in [-0.15, -0.1) is 0 Å². The normalized spacial score (nSPS) is 16.5. The Bertz CT molecular complexity index is 1050. The van der Waals surface area contributed by atoms with Crippen LogP contribution in [-0.2, 0) is 20.3 Å². The number of benzene rings is 2. The molecule has 2 amide bonds. The third kappa shape index (κ3) is 6.32. The van der Waals surface area contributed by atoms with Crippen molar-refractivity contribution in [2.45, 2.75) is 41.9 Å². The summed E-state index contributed by atoms with van der Waals surface area (Å²) in [5.41, 5.74) is 6.09. The van der Waals surface area contributed by atoms with Crippen molar-refractivity contribution < 1.29 is 32.7 Å². The van der Waals surface area contributed by atoms with Gasteiger partial charge in [0.1, 0.15) is 10.5 Å². The van der Waals surface area contributed by atoms with Crippen molar-refractivity contribution in [2.75, 3.05) is 34.0 Å². The molecule has 1 unspecified atom stereocenters. The van der Waals surface area contributed by atoms with Crippen molar-refractivity contribution in [2.24, 2.45) is 5.73 Å². The smallest absolute Gasteiger partial charge is 0.251 e. The van der Waals surface area contributed by atoms with Crippen LogP contribution in [0.15, 0.2) is 47.4 Å². The number of nitrogens with one attached hydrogen (secondary N) is 1. The van der Waals surface area contributed by atoms with E-state index in [1.807, 2.05) is 6.92 Å². The lowest BCUT2D eigenvalue weighted by Gasteiger charge is -2.33.